The zero-order valence-electron chi connectivity index (χ0n) is 24.4. The van der Waals surface area contributed by atoms with Crippen LogP contribution in [-0.4, -0.2) is 38.8 Å². The second-order valence-electron chi connectivity index (χ2n) is 11.6. The van der Waals surface area contributed by atoms with Crippen molar-refractivity contribution < 1.29 is 32.5 Å². The Balaban J connectivity index is 1.30. The molecular formula is C34H27F3N4O4. The van der Waals surface area contributed by atoms with Crippen LogP contribution in [0.1, 0.15) is 52.8 Å². The largest absolute Gasteiger partial charge is 0.478 e. The average molecular weight is 613 g/mol. The van der Waals surface area contributed by atoms with Crippen LogP contribution in [0.3, 0.4) is 0 Å². The van der Waals surface area contributed by atoms with Crippen LogP contribution >= 0.6 is 0 Å². The van der Waals surface area contributed by atoms with Crippen molar-refractivity contribution in [2.24, 2.45) is 5.41 Å². The molecular weight excluding hydrogens is 585 g/mol. The van der Waals surface area contributed by atoms with Gasteiger partial charge in [0.1, 0.15) is 29.9 Å². The highest BCUT2D eigenvalue weighted by atomic mass is 19.1. The summed E-state index contributed by atoms with van der Waals surface area (Å²) in [6, 6.07) is 17.3. The summed E-state index contributed by atoms with van der Waals surface area (Å²) in [5.74, 6) is -2.79. The highest BCUT2D eigenvalue weighted by molar-refractivity contribution is 5.92. The maximum absolute atomic E-state index is 15.6. The molecule has 6 rings (SSSR count). The van der Waals surface area contributed by atoms with E-state index in [2.05, 4.69) is 9.97 Å². The number of carbonyl (C=O) groups is 1. The first-order valence-electron chi connectivity index (χ1n) is 14.1. The Morgan fingerprint density at radius 3 is 2.51 bits per heavy atom. The van der Waals surface area contributed by atoms with E-state index in [-0.39, 0.29) is 63.9 Å². The maximum Gasteiger partial charge on any atom is 0.335 e. The third kappa shape index (κ3) is 5.84. The number of imidazole rings is 1. The van der Waals surface area contributed by atoms with Crippen molar-refractivity contribution in [3.8, 4) is 23.2 Å². The fraction of sp³-hybridized carbons (Fsp3) is 0.235. The van der Waals surface area contributed by atoms with Gasteiger partial charge in [-0.15, -0.1) is 0 Å². The predicted octanol–water partition coefficient (Wildman–Crippen LogP) is 6.85. The number of ether oxygens (including phenoxy) is 2. The van der Waals surface area contributed by atoms with Crippen LogP contribution < -0.4 is 4.74 Å². The number of halogens is 3. The van der Waals surface area contributed by atoms with Gasteiger partial charge in [-0.2, -0.15) is 5.26 Å². The molecule has 11 heteroatoms. The van der Waals surface area contributed by atoms with Gasteiger partial charge in [-0.1, -0.05) is 26.0 Å². The Hall–Kier alpha value is -5.21. The van der Waals surface area contributed by atoms with E-state index >= 15 is 8.78 Å². The molecule has 1 aliphatic rings. The number of aromatic nitrogens is 3. The molecule has 1 N–H and O–H groups in total. The summed E-state index contributed by atoms with van der Waals surface area (Å²) in [4.78, 5) is 20.7. The molecule has 0 bridgehead atoms. The van der Waals surface area contributed by atoms with E-state index in [1.807, 2.05) is 24.5 Å². The second-order valence-corrected chi connectivity index (χ2v) is 11.6. The lowest BCUT2D eigenvalue weighted by atomic mass is 9.87. The second kappa shape index (κ2) is 11.7. The van der Waals surface area contributed by atoms with Crippen LogP contribution in [-0.2, 0) is 17.8 Å². The van der Waals surface area contributed by atoms with Crippen molar-refractivity contribution in [2.45, 2.75) is 32.9 Å². The lowest BCUT2D eigenvalue weighted by molar-refractivity contribution is 0.0697. The van der Waals surface area contributed by atoms with Gasteiger partial charge in [0.25, 0.3) is 0 Å². The minimum absolute atomic E-state index is 0.0781. The standard InChI is InChI=1S/C34H27F3N4O4/c1-34(2)18-44-17-30(34)41-29-13-20(33(42)43)8-9-28(29)39-31(41)14-23-25(36)11-22(12-26(23)37)27-4-3-5-32(40-27)45-16-21-7-6-19(15-38)10-24(21)35/h3-13,30H,14,16-18H2,1-2H3,(H,42,43)/t30-/m1/s1. The predicted molar refractivity (Wildman–Crippen MR) is 158 cm³/mol. The fourth-order valence-electron chi connectivity index (χ4n) is 5.55. The Kier molecular flexibility index (Phi) is 7.76. The van der Waals surface area contributed by atoms with Gasteiger partial charge in [0.15, 0.2) is 0 Å². The van der Waals surface area contributed by atoms with E-state index < -0.39 is 23.4 Å². The van der Waals surface area contributed by atoms with Crippen molar-refractivity contribution in [2.75, 3.05) is 13.2 Å². The topological polar surface area (TPSA) is 110 Å². The van der Waals surface area contributed by atoms with Gasteiger partial charge in [-0.3, -0.25) is 0 Å². The summed E-state index contributed by atoms with van der Waals surface area (Å²) < 4.78 is 58.8. The van der Waals surface area contributed by atoms with Crippen LogP contribution in [0, 0.1) is 34.2 Å². The number of aromatic carboxylic acids is 1. The average Bonchev–Trinajstić information content (AvgIpc) is 3.55. The van der Waals surface area contributed by atoms with E-state index in [0.29, 0.717) is 30.1 Å². The molecule has 0 aliphatic carbocycles. The Bertz CT molecular complexity index is 1980. The van der Waals surface area contributed by atoms with E-state index in [9.17, 15) is 14.3 Å². The third-order valence-electron chi connectivity index (χ3n) is 8.03. The Labute approximate surface area is 256 Å². The Morgan fingerprint density at radius 2 is 1.84 bits per heavy atom. The number of carboxylic acids is 1. The zero-order valence-corrected chi connectivity index (χ0v) is 24.4. The highest BCUT2D eigenvalue weighted by Gasteiger charge is 2.39. The molecule has 228 valence electrons. The molecule has 8 nitrogen and oxygen atoms in total. The van der Waals surface area contributed by atoms with Gasteiger partial charge in [0.2, 0.25) is 5.88 Å². The number of nitrogens with zero attached hydrogens (tertiary/aromatic N) is 4. The van der Waals surface area contributed by atoms with Gasteiger partial charge in [0.05, 0.1) is 53.2 Å². The van der Waals surface area contributed by atoms with Crippen LogP contribution in [0.2, 0.25) is 0 Å². The highest BCUT2D eigenvalue weighted by Crippen LogP contribution is 2.40. The van der Waals surface area contributed by atoms with Crippen molar-refractivity contribution >= 4 is 17.0 Å². The SMILES string of the molecule is CC1(C)COC[C@H]1n1c(Cc2c(F)cc(-c3cccc(OCc4ccc(C#N)cc4F)n3)cc2F)nc2ccc(C(=O)O)cc21. The first kappa shape index (κ1) is 29.8. The summed E-state index contributed by atoms with van der Waals surface area (Å²) in [5.41, 5.74) is 1.43. The molecule has 0 spiro atoms. The molecule has 0 amide bonds. The number of hydrogen-bond donors (Lipinski definition) is 1. The summed E-state index contributed by atoms with van der Waals surface area (Å²) in [5, 5.41) is 18.5. The molecule has 1 fully saturated rings. The Morgan fingerprint density at radius 1 is 1.07 bits per heavy atom. The number of fused-ring (bicyclic) bond motifs is 1. The summed E-state index contributed by atoms with van der Waals surface area (Å²) in [6.45, 7) is 4.68. The number of pyridine rings is 1. The molecule has 5 aromatic rings. The number of nitriles is 1. The van der Waals surface area contributed by atoms with Crippen molar-refractivity contribution in [3.63, 3.8) is 0 Å². The van der Waals surface area contributed by atoms with Gasteiger partial charge in [-0.25, -0.2) is 27.9 Å². The summed E-state index contributed by atoms with van der Waals surface area (Å²) >= 11 is 0. The van der Waals surface area contributed by atoms with Crippen molar-refractivity contribution in [1.82, 2.24) is 14.5 Å². The lowest BCUT2D eigenvalue weighted by Crippen LogP contribution is -2.27. The van der Waals surface area contributed by atoms with Crippen molar-refractivity contribution in [1.29, 1.82) is 5.26 Å². The molecule has 45 heavy (non-hydrogen) atoms. The molecule has 0 radical (unpaired) electrons. The van der Waals surface area contributed by atoms with E-state index in [0.717, 1.165) is 6.07 Å². The van der Waals surface area contributed by atoms with Crippen molar-refractivity contribution in [3.05, 3.63) is 112 Å². The van der Waals surface area contributed by atoms with Crippen LogP contribution in [0.15, 0.2) is 66.7 Å². The van der Waals surface area contributed by atoms with Gasteiger partial charge in [-0.05, 0) is 48.5 Å². The molecule has 0 saturated carbocycles. The molecule has 1 aliphatic heterocycles. The van der Waals surface area contributed by atoms with Crippen LogP contribution in [0.4, 0.5) is 13.2 Å². The minimum Gasteiger partial charge on any atom is -0.478 e. The van der Waals surface area contributed by atoms with Gasteiger partial charge < -0.3 is 19.1 Å². The van der Waals surface area contributed by atoms with Crippen LogP contribution in [0.25, 0.3) is 22.3 Å². The summed E-state index contributed by atoms with van der Waals surface area (Å²) in [6.07, 6.45) is -0.186. The molecule has 3 heterocycles. The lowest BCUT2D eigenvalue weighted by Gasteiger charge is -2.28. The van der Waals surface area contributed by atoms with E-state index in [4.69, 9.17) is 14.7 Å². The number of benzene rings is 3. The fourth-order valence-corrected chi connectivity index (χ4v) is 5.55. The number of rotatable bonds is 8. The minimum atomic E-state index is -1.09. The number of hydrogen-bond acceptors (Lipinski definition) is 6. The smallest absolute Gasteiger partial charge is 0.335 e. The van der Waals surface area contributed by atoms with Gasteiger partial charge >= 0.3 is 5.97 Å². The first-order valence-corrected chi connectivity index (χ1v) is 14.1. The molecule has 0 unspecified atom stereocenters. The zero-order chi connectivity index (χ0) is 31.9. The van der Waals surface area contributed by atoms with Crippen LogP contribution in [0.5, 0.6) is 5.88 Å². The van der Waals surface area contributed by atoms with Gasteiger partial charge in [0, 0.05) is 34.6 Å². The quantitative estimate of drug-likeness (QED) is 0.204. The third-order valence-corrected chi connectivity index (χ3v) is 8.03. The number of carboxylic acid groups (broad SMARTS) is 1. The molecule has 3 aromatic carbocycles. The monoisotopic (exact) mass is 612 g/mol. The van der Waals surface area contributed by atoms with E-state index in [1.54, 1.807) is 24.3 Å². The molecule has 1 saturated heterocycles. The molecule has 1 atom stereocenters. The molecule has 2 aromatic heterocycles. The maximum atomic E-state index is 15.6. The van der Waals surface area contributed by atoms with E-state index in [1.165, 1.54) is 36.4 Å². The normalized spacial score (nSPS) is 15.7. The summed E-state index contributed by atoms with van der Waals surface area (Å²) in [7, 11) is 0. The first-order chi connectivity index (χ1) is 21.5.